The molecule has 0 saturated heterocycles. The van der Waals surface area contributed by atoms with Gasteiger partial charge in [-0.15, -0.1) is 0 Å². The van der Waals surface area contributed by atoms with Crippen LogP contribution in [0.15, 0.2) is 28.9 Å². The minimum absolute atomic E-state index is 0.228. The number of nitrogens with zero attached hydrogens (tertiary/aromatic N) is 1. The van der Waals surface area contributed by atoms with Gasteiger partial charge in [-0.2, -0.15) is 0 Å². The van der Waals surface area contributed by atoms with E-state index in [4.69, 9.17) is 0 Å². The second-order valence-electron chi connectivity index (χ2n) is 4.57. The van der Waals surface area contributed by atoms with Gasteiger partial charge < -0.3 is 0 Å². The molecule has 0 amide bonds. The summed E-state index contributed by atoms with van der Waals surface area (Å²) in [6, 6.07) is 0. The molecule has 0 unspecified atom stereocenters. The molecule has 0 atom stereocenters. The fraction of sp³-hybridized carbons (Fsp3) is 0.583. The maximum atomic E-state index is 4.28. The van der Waals surface area contributed by atoms with Crippen molar-refractivity contribution in [3.63, 3.8) is 0 Å². The SMILES string of the molecule is C=C(C)/N=C(C)\C=C(/C)C(C)(C)C. The summed E-state index contributed by atoms with van der Waals surface area (Å²) in [5.41, 5.74) is 3.46. The predicted octanol–water partition coefficient (Wildman–Crippen LogP) is 3.97. The minimum Gasteiger partial charge on any atom is -0.259 e. The number of rotatable bonds is 2. The summed E-state index contributed by atoms with van der Waals surface area (Å²) >= 11 is 0. The van der Waals surface area contributed by atoms with E-state index in [2.05, 4.69) is 45.3 Å². The van der Waals surface area contributed by atoms with Crippen molar-refractivity contribution >= 4 is 5.71 Å². The first-order valence-electron chi connectivity index (χ1n) is 4.63. The van der Waals surface area contributed by atoms with Crippen LogP contribution < -0.4 is 0 Å². The van der Waals surface area contributed by atoms with Crippen LogP contribution in [0.2, 0.25) is 0 Å². The standard InChI is InChI=1S/C12H21N/c1-9(2)13-11(4)8-10(3)12(5,6)7/h8H,1H2,2-7H3/b10-8+,13-11-. The second kappa shape index (κ2) is 4.40. The molecule has 0 fully saturated rings. The summed E-state index contributed by atoms with van der Waals surface area (Å²) in [6.45, 7) is 16.4. The Morgan fingerprint density at radius 3 is 1.92 bits per heavy atom. The molecule has 0 aromatic heterocycles. The normalized spacial score (nSPS) is 14.6. The molecule has 0 aliphatic heterocycles. The van der Waals surface area contributed by atoms with E-state index >= 15 is 0 Å². The lowest BCUT2D eigenvalue weighted by Gasteiger charge is -2.19. The highest BCUT2D eigenvalue weighted by atomic mass is 14.7. The average molecular weight is 179 g/mol. The monoisotopic (exact) mass is 179 g/mol. The van der Waals surface area contributed by atoms with Gasteiger partial charge in [-0.25, -0.2) is 0 Å². The van der Waals surface area contributed by atoms with E-state index in [0.29, 0.717) is 0 Å². The summed E-state index contributed by atoms with van der Waals surface area (Å²) in [5, 5.41) is 0. The molecule has 1 heteroatoms. The zero-order valence-corrected chi connectivity index (χ0v) is 9.73. The number of allylic oxidation sites excluding steroid dienone is 3. The number of hydrogen-bond acceptors (Lipinski definition) is 1. The minimum atomic E-state index is 0.228. The molecule has 0 saturated carbocycles. The molecule has 0 rings (SSSR count). The highest BCUT2D eigenvalue weighted by Crippen LogP contribution is 2.24. The number of hydrogen-bond donors (Lipinski definition) is 0. The number of aliphatic imine (C=N–C) groups is 1. The molecule has 0 heterocycles. The summed E-state index contributed by atoms with van der Waals surface area (Å²) < 4.78 is 0. The lowest BCUT2D eigenvalue weighted by Crippen LogP contribution is -2.07. The first-order chi connectivity index (χ1) is 5.73. The van der Waals surface area contributed by atoms with Crippen molar-refractivity contribution in [1.29, 1.82) is 0 Å². The molecule has 1 nitrogen and oxygen atoms in total. The molecular weight excluding hydrogens is 158 g/mol. The van der Waals surface area contributed by atoms with Crippen molar-refractivity contribution in [3.05, 3.63) is 23.9 Å². The van der Waals surface area contributed by atoms with E-state index in [9.17, 15) is 0 Å². The van der Waals surface area contributed by atoms with E-state index in [-0.39, 0.29) is 5.41 Å². The van der Waals surface area contributed by atoms with Crippen molar-refractivity contribution in [3.8, 4) is 0 Å². The molecule has 0 N–H and O–H groups in total. The third kappa shape index (κ3) is 5.40. The topological polar surface area (TPSA) is 12.4 Å². The van der Waals surface area contributed by atoms with Crippen LogP contribution in [0.5, 0.6) is 0 Å². The Morgan fingerprint density at radius 1 is 1.15 bits per heavy atom. The molecule has 0 spiro atoms. The summed E-state index contributed by atoms with van der Waals surface area (Å²) in [5.74, 6) is 0. The van der Waals surface area contributed by atoms with Crippen LogP contribution in [0.25, 0.3) is 0 Å². The first kappa shape index (κ1) is 12.2. The van der Waals surface area contributed by atoms with Crippen LogP contribution in [0.1, 0.15) is 41.5 Å². The van der Waals surface area contributed by atoms with E-state index in [1.54, 1.807) is 0 Å². The Balaban J connectivity index is 4.67. The Kier molecular flexibility index (Phi) is 4.12. The molecule has 13 heavy (non-hydrogen) atoms. The Labute approximate surface area is 82.3 Å². The molecule has 74 valence electrons. The van der Waals surface area contributed by atoms with Crippen LogP contribution in [0.4, 0.5) is 0 Å². The van der Waals surface area contributed by atoms with Crippen LogP contribution in [-0.2, 0) is 0 Å². The zero-order chi connectivity index (χ0) is 10.6. The van der Waals surface area contributed by atoms with Crippen molar-refractivity contribution in [2.45, 2.75) is 41.5 Å². The van der Waals surface area contributed by atoms with Gasteiger partial charge >= 0.3 is 0 Å². The fourth-order valence-electron chi connectivity index (χ4n) is 0.863. The summed E-state index contributed by atoms with van der Waals surface area (Å²) in [7, 11) is 0. The lowest BCUT2D eigenvalue weighted by atomic mass is 9.87. The lowest BCUT2D eigenvalue weighted by molar-refractivity contribution is 0.504. The van der Waals surface area contributed by atoms with Crippen LogP contribution in [0, 0.1) is 5.41 Å². The van der Waals surface area contributed by atoms with Crippen molar-refractivity contribution in [1.82, 2.24) is 0 Å². The summed E-state index contributed by atoms with van der Waals surface area (Å²) in [4.78, 5) is 4.28. The maximum Gasteiger partial charge on any atom is 0.0375 e. The van der Waals surface area contributed by atoms with Gasteiger partial charge in [-0.1, -0.05) is 32.9 Å². The van der Waals surface area contributed by atoms with Gasteiger partial charge in [0.2, 0.25) is 0 Å². The van der Waals surface area contributed by atoms with Crippen LogP contribution >= 0.6 is 0 Å². The van der Waals surface area contributed by atoms with Gasteiger partial charge in [0.15, 0.2) is 0 Å². The Hall–Kier alpha value is -0.850. The average Bonchev–Trinajstić information content (AvgIpc) is 1.82. The van der Waals surface area contributed by atoms with E-state index in [0.717, 1.165) is 11.4 Å². The predicted molar refractivity (Wildman–Crippen MR) is 61.1 cm³/mol. The van der Waals surface area contributed by atoms with Crippen LogP contribution in [0.3, 0.4) is 0 Å². The maximum absolute atomic E-state index is 4.28. The van der Waals surface area contributed by atoms with E-state index in [1.807, 2.05) is 13.8 Å². The third-order valence-electron chi connectivity index (χ3n) is 1.98. The molecule has 0 aromatic carbocycles. The van der Waals surface area contributed by atoms with Crippen molar-refractivity contribution in [2.75, 3.05) is 0 Å². The third-order valence-corrected chi connectivity index (χ3v) is 1.98. The zero-order valence-electron chi connectivity index (χ0n) is 9.73. The van der Waals surface area contributed by atoms with E-state index in [1.165, 1.54) is 5.57 Å². The Morgan fingerprint density at radius 2 is 1.62 bits per heavy atom. The molecule has 0 aromatic rings. The summed E-state index contributed by atoms with van der Waals surface area (Å²) in [6.07, 6.45) is 2.12. The van der Waals surface area contributed by atoms with Gasteiger partial charge in [0.05, 0.1) is 0 Å². The van der Waals surface area contributed by atoms with Crippen molar-refractivity contribution < 1.29 is 0 Å². The van der Waals surface area contributed by atoms with Gasteiger partial charge in [0, 0.05) is 11.4 Å². The second-order valence-corrected chi connectivity index (χ2v) is 4.57. The fourth-order valence-corrected chi connectivity index (χ4v) is 0.863. The molecule has 0 radical (unpaired) electrons. The quantitative estimate of drug-likeness (QED) is 0.569. The smallest absolute Gasteiger partial charge is 0.0375 e. The highest BCUT2D eigenvalue weighted by molar-refractivity contribution is 5.94. The highest BCUT2D eigenvalue weighted by Gasteiger charge is 2.11. The molecule has 0 bridgehead atoms. The van der Waals surface area contributed by atoms with Crippen LogP contribution in [-0.4, -0.2) is 5.71 Å². The molecule has 0 aliphatic rings. The first-order valence-corrected chi connectivity index (χ1v) is 4.63. The van der Waals surface area contributed by atoms with E-state index < -0.39 is 0 Å². The van der Waals surface area contributed by atoms with Gasteiger partial charge in [-0.05, 0) is 32.3 Å². The molecular formula is C12H21N. The largest absolute Gasteiger partial charge is 0.259 e. The van der Waals surface area contributed by atoms with Gasteiger partial charge in [-0.3, -0.25) is 4.99 Å². The van der Waals surface area contributed by atoms with Gasteiger partial charge in [0.25, 0.3) is 0 Å². The van der Waals surface area contributed by atoms with Crippen molar-refractivity contribution in [2.24, 2.45) is 10.4 Å². The molecule has 0 aliphatic carbocycles. The Bertz CT molecular complexity index is 249. The van der Waals surface area contributed by atoms with Gasteiger partial charge in [0.1, 0.15) is 0 Å².